The topological polar surface area (TPSA) is 68.0 Å². The Kier molecular flexibility index (Phi) is 3.93. The molecule has 6 heteroatoms. The quantitative estimate of drug-likeness (QED) is 0.658. The van der Waals surface area contributed by atoms with E-state index in [0.717, 1.165) is 0 Å². The summed E-state index contributed by atoms with van der Waals surface area (Å²) < 4.78 is 0. The first kappa shape index (κ1) is 13.6. The summed E-state index contributed by atoms with van der Waals surface area (Å²) >= 11 is 11.6. The number of benzene rings is 1. The van der Waals surface area contributed by atoms with E-state index in [0.29, 0.717) is 27.1 Å². The Morgan fingerprint density at radius 3 is 2.68 bits per heavy atom. The second kappa shape index (κ2) is 5.47. The van der Waals surface area contributed by atoms with Crippen molar-refractivity contribution in [3.63, 3.8) is 0 Å². The van der Waals surface area contributed by atoms with Crippen molar-refractivity contribution in [3.8, 4) is 0 Å². The number of nitrogens with one attached hydrogen (secondary N) is 1. The van der Waals surface area contributed by atoms with E-state index < -0.39 is 0 Å². The molecule has 0 radical (unpaired) electrons. The van der Waals surface area contributed by atoms with Gasteiger partial charge in [0.15, 0.2) is 0 Å². The van der Waals surface area contributed by atoms with Crippen molar-refractivity contribution in [2.24, 2.45) is 0 Å². The number of nitrogens with zero attached hydrogens (tertiary/aromatic N) is 1. The average Bonchev–Trinajstić information content (AvgIpc) is 2.36. The van der Waals surface area contributed by atoms with Crippen LogP contribution in [0.1, 0.15) is 16.1 Å². The smallest absolute Gasteiger partial charge is 0.257 e. The van der Waals surface area contributed by atoms with E-state index in [1.165, 1.54) is 0 Å². The molecular formula is C13H11Cl2N3O. The third-order valence-electron chi connectivity index (χ3n) is 2.60. The average molecular weight is 296 g/mol. The molecule has 0 aliphatic heterocycles. The zero-order valence-corrected chi connectivity index (χ0v) is 11.6. The van der Waals surface area contributed by atoms with Gasteiger partial charge in [0.1, 0.15) is 5.15 Å². The molecule has 0 bridgehead atoms. The molecule has 0 aliphatic rings. The maximum atomic E-state index is 12.1. The molecule has 0 spiro atoms. The van der Waals surface area contributed by atoms with Crippen molar-refractivity contribution in [1.82, 2.24) is 4.98 Å². The van der Waals surface area contributed by atoms with Gasteiger partial charge in [0.25, 0.3) is 5.91 Å². The Hall–Kier alpha value is -1.78. The van der Waals surface area contributed by atoms with E-state index in [1.54, 1.807) is 37.3 Å². The van der Waals surface area contributed by atoms with Crippen LogP contribution in [0.25, 0.3) is 0 Å². The zero-order chi connectivity index (χ0) is 14.0. The maximum absolute atomic E-state index is 12.1. The van der Waals surface area contributed by atoms with Crippen LogP contribution in [-0.2, 0) is 0 Å². The molecule has 3 N–H and O–H groups in total. The number of carbonyl (C=O) groups excluding carboxylic acids is 1. The number of hydrogen-bond acceptors (Lipinski definition) is 3. The van der Waals surface area contributed by atoms with Gasteiger partial charge in [-0.1, -0.05) is 29.3 Å². The van der Waals surface area contributed by atoms with Crippen LogP contribution in [0.15, 0.2) is 30.3 Å². The van der Waals surface area contributed by atoms with E-state index >= 15 is 0 Å². The Bertz CT molecular complexity index is 644. The molecule has 1 heterocycles. The van der Waals surface area contributed by atoms with Gasteiger partial charge in [-0.05, 0) is 31.2 Å². The molecule has 0 aliphatic carbocycles. The van der Waals surface area contributed by atoms with E-state index in [9.17, 15) is 4.79 Å². The minimum atomic E-state index is -0.341. The molecule has 0 fully saturated rings. The number of pyridine rings is 1. The highest BCUT2D eigenvalue weighted by molar-refractivity contribution is 6.34. The number of carbonyl (C=O) groups is 1. The lowest BCUT2D eigenvalue weighted by Crippen LogP contribution is -2.15. The Labute approximate surface area is 120 Å². The second-order valence-electron chi connectivity index (χ2n) is 3.92. The van der Waals surface area contributed by atoms with Gasteiger partial charge in [-0.2, -0.15) is 0 Å². The molecule has 19 heavy (non-hydrogen) atoms. The fourth-order valence-corrected chi connectivity index (χ4v) is 1.95. The van der Waals surface area contributed by atoms with Gasteiger partial charge < -0.3 is 11.1 Å². The first-order valence-electron chi connectivity index (χ1n) is 5.47. The summed E-state index contributed by atoms with van der Waals surface area (Å²) in [5, 5.41) is 3.44. The highest BCUT2D eigenvalue weighted by atomic mass is 35.5. The Morgan fingerprint density at radius 1 is 1.26 bits per heavy atom. The van der Waals surface area contributed by atoms with E-state index in [-0.39, 0.29) is 11.6 Å². The van der Waals surface area contributed by atoms with Crippen LogP contribution in [-0.4, -0.2) is 10.9 Å². The Morgan fingerprint density at radius 2 is 2.00 bits per heavy atom. The monoisotopic (exact) mass is 295 g/mol. The number of halogens is 2. The lowest BCUT2D eigenvalue weighted by atomic mass is 10.1. The predicted molar refractivity (Wildman–Crippen MR) is 77.8 cm³/mol. The number of amides is 1. The molecule has 2 rings (SSSR count). The number of aromatic nitrogens is 1. The van der Waals surface area contributed by atoms with Gasteiger partial charge in [0, 0.05) is 0 Å². The number of nitrogens with two attached hydrogens (primary N) is 1. The third-order valence-corrected chi connectivity index (χ3v) is 3.14. The summed E-state index contributed by atoms with van der Waals surface area (Å²) in [5.74, 6) is -0.341. The van der Waals surface area contributed by atoms with Crippen LogP contribution in [0.3, 0.4) is 0 Å². The molecule has 0 unspecified atom stereocenters. The molecule has 1 amide bonds. The van der Waals surface area contributed by atoms with Crippen LogP contribution < -0.4 is 11.1 Å². The van der Waals surface area contributed by atoms with Crippen LogP contribution in [0.2, 0.25) is 10.2 Å². The zero-order valence-electron chi connectivity index (χ0n) is 10.1. The van der Waals surface area contributed by atoms with Crippen molar-refractivity contribution >= 4 is 40.5 Å². The minimum Gasteiger partial charge on any atom is -0.397 e. The number of rotatable bonds is 2. The Balaban J connectivity index is 2.28. The normalized spacial score (nSPS) is 10.3. The summed E-state index contributed by atoms with van der Waals surface area (Å²) in [5.41, 5.74) is 7.55. The molecule has 2 aromatic rings. The molecule has 0 atom stereocenters. The maximum Gasteiger partial charge on any atom is 0.257 e. The van der Waals surface area contributed by atoms with Crippen molar-refractivity contribution in [2.75, 3.05) is 11.1 Å². The third kappa shape index (κ3) is 2.97. The fourth-order valence-electron chi connectivity index (χ4n) is 1.59. The van der Waals surface area contributed by atoms with Crippen molar-refractivity contribution in [3.05, 3.63) is 51.8 Å². The fraction of sp³-hybridized carbons (Fsp3) is 0.0769. The molecule has 1 aromatic carbocycles. The second-order valence-corrected chi connectivity index (χ2v) is 4.72. The number of hydrogen-bond donors (Lipinski definition) is 2. The SMILES string of the molecule is Cc1nc(Cl)ccc1NC(=O)c1cccc(Cl)c1N. The van der Waals surface area contributed by atoms with Crippen LogP contribution in [0.5, 0.6) is 0 Å². The standard InChI is InChI=1S/C13H11Cl2N3O/c1-7-10(5-6-11(15)17-7)18-13(19)8-3-2-4-9(14)12(8)16/h2-6H,16H2,1H3,(H,18,19). The summed E-state index contributed by atoms with van der Waals surface area (Å²) in [7, 11) is 0. The molecular weight excluding hydrogens is 285 g/mol. The van der Waals surface area contributed by atoms with E-state index in [4.69, 9.17) is 28.9 Å². The van der Waals surface area contributed by atoms with Crippen molar-refractivity contribution in [2.45, 2.75) is 6.92 Å². The van der Waals surface area contributed by atoms with Gasteiger partial charge in [0.2, 0.25) is 0 Å². The lowest BCUT2D eigenvalue weighted by molar-refractivity contribution is 0.102. The highest BCUT2D eigenvalue weighted by Crippen LogP contribution is 2.24. The molecule has 98 valence electrons. The predicted octanol–water partition coefficient (Wildman–Crippen LogP) is 3.53. The van der Waals surface area contributed by atoms with Crippen LogP contribution >= 0.6 is 23.2 Å². The van der Waals surface area contributed by atoms with Crippen LogP contribution in [0, 0.1) is 6.92 Å². The lowest BCUT2D eigenvalue weighted by Gasteiger charge is -2.10. The number of nitrogen functional groups attached to an aromatic ring is 1. The van der Waals surface area contributed by atoms with Crippen molar-refractivity contribution < 1.29 is 4.79 Å². The van der Waals surface area contributed by atoms with Crippen LogP contribution in [0.4, 0.5) is 11.4 Å². The van der Waals surface area contributed by atoms with E-state index in [1.807, 2.05) is 0 Å². The summed E-state index contributed by atoms with van der Waals surface area (Å²) in [6.45, 7) is 1.75. The van der Waals surface area contributed by atoms with Gasteiger partial charge in [-0.25, -0.2) is 4.98 Å². The van der Waals surface area contributed by atoms with Gasteiger partial charge in [-0.3, -0.25) is 4.79 Å². The molecule has 0 saturated carbocycles. The summed E-state index contributed by atoms with van der Waals surface area (Å²) in [6, 6.07) is 8.19. The first-order chi connectivity index (χ1) is 8.99. The number of anilines is 2. The van der Waals surface area contributed by atoms with Gasteiger partial charge in [-0.15, -0.1) is 0 Å². The van der Waals surface area contributed by atoms with E-state index in [2.05, 4.69) is 10.3 Å². The van der Waals surface area contributed by atoms with Gasteiger partial charge in [0.05, 0.1) is 27.7 Å². The summed E-state index contributed by atoms with van der Waals surface area (Å²) in [4.78, 5) is 16.2. The van der Waals surface area contributed by atoms with Crippen molar-refractivity contribution in [1.29, 1.82) is 0 Å². The largest absolute Gasteiger partial charge is 0.397 e. The molecule has 1 aromatic heterocycles. The minimum absolute atomic E-state index is 0.251. The van der Waals surface area contributed by atoms with Gasteiger partial charge >= 0.3 is 0 Å². The number of aryl methyl sites for hydroxylation is 1. The molecule has 4 nitrogen and oxygen atoms in total. The number of para-hydroxylation sites is 1. The molecule has 0 saturated heterocycles. The summed E-state index contributed by atoms with van der Waals surface area (Å²) in [6.07, 6.45) is 0. The first-order valence-corrected chi connectivity index (χ1v) is 6.23. The highest BCUT2D eigenvalue weighted by Gasteiger charge is 2.13.